The van der Waals surface area contributed by atoms with Gasteiger partial charge in [-0.3, -0.25) is 0 Å². The number of benzene rings is 1. The number of ether oxygens (including phenoxy) is 1. The predicted molar refractivity (Wildman–Crippen MR) is 102 cm³/mol. The highest BCUT2D eigenvalue weighted by Crippen LogP contribution is 2.27. The van der Waals surface area contributed by atoms with Crippen molar-refractivity contribution in [2.45, 2.75) is 18.9 Å². The normalized spacial score (nSPS) is 15.6. The molecule has 2 aromatic rings. The third-order valence-electron chi connectivity index (χ3n) is 4.17. The van der Waals surface area contributed by atoms with E-state index in [1.54, 1.807) is 18.2 Å². The Morgan fingerprint density at radius 3 is 2.85 bits per heavy atom. The molecule has 1 aromatic heterocycles. The SMILES string of the molecule is C=Cc1cc(O)ccc1N=C(N)c1c(N)ncnc1NC1CCOCC1. The van der Waals surface area contributed by atoms with Crippen LogP contribution < -0.4 is 16.8 Å². The lowest BCUT2D eigenvalue weighted by atomic mass is 10.1. The number of rotatable bonds is 5. The zero-order valence-electron chi connectivity index (χ0n) is 14.4. The largest absolute Gasteiger partial charge is 0.508 e. The molecule has 8 nitrogen and oxygen atoms in total. The number of nitrogen functional groups attached to an aromatic ring is 1. The lowest BCUT2D eigenvalue weighted by molar-refractivity contribution is 0.0904. The number of nitrogens with one attached hydrogen (secondary N) is 1. The molecule has 1 aromatic carbocycles. The number of phenolic OH excluding ortho intramolecular Hbond substituents is 1. The van der Waals surface area contributed by atoms with Crippen LogP contribution in [0.15, 0.2) is 36.1 Å². The van der Waals surface area contributed by atoms with Gasteiger partial charge in [-0.2, -0.15) is 0 Å². The number of hydrogen-bond donors (Lipinski definition) is 4. The van der Waals surface area contributed by atoms with Crippen LogP contribution in [0.3, 0.4) is 0 Å². The first-order valence-corrected chi connectivity index (χ1v) is 8.33. The summed E-state index contributed by atoms with van der Waals surface area (Å²) in [6.07, 6.45) is 4.74. The summed E-state index contributed by atoms with van der Waals surface area (Å²) >= 11 is 0. The molecule has 0 aliphatic carbocycles. The minimum Gasteiger partial charge on any atom is -0.508 e. The Morgan fingerprint density at radius 1 is 1.35 bits per heavy atom. The number of anilines is 2. The van der Waals surface area contributed by atoms with Gasteiger partial charge in [0.25, 0.3) is 0 Å². The molecule has 26 heavy (non-hydrogen) atoms. The van der Waals surface area contributed by atoms with Crippen LogP contribution in [0.2, 0.25) is 0 Å². The maximum absolute atomic E-state index is 9.60. The van der Waals surface area contributed by atoms with Gasteiger partial charge in [0.15, 0.2) is 0 Å². The lowest BCUT2D eigenvalue weighted by Gasteiger charge is -2.24. The van der Waals surface area contributed by atoms with Gasteiger partial charge in [0.2, 0.25) is 0 Å². The van der Waals surface area contributed by atoms with Gasteiger partial charge < -0.3 is 26.6 Å². The number of nitrogens with two attached hydrogens (primary N) is 2. The molecule has 1 saturated heterocycles. The van der Waals surface area contributed by atoms with E-state index in [2.05, 4.69) is 26.9 Å². The van der Waals surface area contributed by atoms with Gasteiger partial charge in [-0.15, -0.1) is 0 Å². The monoisotopic (exact) mass is 354 g/mol. The molecule has 136 valence electrons. The second kappa shape index (κ2) is 7.83. The summed E-state index contributed by atoms with van der Waals surface area (Å²) in [7, 11) is 0. The van der Waals surface area contributed by atoms with Crippen molar-refractivity contribution in [3.63, 3.8) is 0 Å². The molecule has 0 unspecified atom stereocenters. The van der Waals surface area contributed by atoms with Gasteiger partial charge >= 0.3 is 0 Å². The number of aliphatic imine (C=N–C) groups is 1. The van der Waals surface area contributed by atoms with E-state index in [4.69, 9.17) is 16.2 Å². The first-order chi connectivity index (χ1) is 12.6. The molecule has 0 amide bonds. The van der Waals surface area contributed by atoms with Gasteiger partial charge in [-0.25, -0.2) is 15.0 Å². The summed E-state index contributed by atoms with van der Waals surface area (Å²) < 4.78 is 5.38. The van der Waals surface area contributed by atoms with Crippen LogP contribution in [0, 0.1) is 0 Å². The van der Waals surface area contributed by atoms with E-state index >= 15 is 0 Å². The summed E-state index contributed by atoms with van der Waals surface area (Å²) in [5.74, 6) is 1.10. The molecular formula is C18H22N6O2. The van der Waals surface area contributed by atoms with Crippen molar-refractivity contribution in [2.24, 2.45) is 10.7 Å². The van der Waals surface area contributed by atoms with Crippen molar-refractivity contribution in [3.05, 3.63) is 42.2 Å². The summed E-state index contributed by atoms with van der Waals surface area (Å²) in [5, 5.41) is 13.0. The molecule has 1 aliphatic heterocycles. The minimum atomic E-state index is 0.127. The van der Waals surface area contributed by atoms with Crippen molar-refractivity contribution in [2.75, 3.05) is 24.3 Å². The maximum atomic E-state index is 9.60. The summed E-state index contributed by atoms with van der Waals surface area (Å²) in [6.45, 7) is 5.13. The van der Waals surface area contributed by atoms with Crippen LogP contribution in [-0.2, 0) is 4.74 Å². The van der Waals surface area contributed by atoms with E-state index in [0.29, 0.717) is 35.8 Å². The highest BCUT2D eigenvalue weighted by molar-refractivity contribution is 6.06. The predicted octanol–water partition coefficient (Wildman–Crippen LogP) is 2.04. The summed E-state index contributed by atoms with van der Waals surface area (Å²) in [4.78, 5) is 12.8. The van der Waals surface area contributed by atoms with Crippen LogP contribution in [-0.4, -0.2) is 40.2 Å². The number of hydrogen-bond acceptors (Lipinski definition) is 7. The number of aromatic hydroxyl groups is 1. The van der Waals surface area contributed by atoms with Gasteiger partial charge in [0, 0.05) is 24.8 Å². The van der Waals surface area contributed by atoms with Gasteiger partial charge in [0.1, 0.15) is 35.1 Å². The smallest absolute Gasteiger partial charge is 0.142 e. The van der Waals surface area contributed by atoms with Crippen molar-refractivity contribution in [1.29, 1.82) is 0 Å². The molecule has 3 rings (SSSR count). The Hall–Kier alpha value is -3.13. The number of nitrogens with zero attached hydrogens (tertiary/aromatic N) is 3. The van der Waals surface area contributed by atoms with E-state index in [9.17, 15) is 5.11 Å². The van der Waals surface area contributed by atoms with Crippen LogP contribution in [0.5, 0.6) is 5.75 Å². The Balaban J connectivity index is 1.96. The van der Waals surface area contributed by atoms with Crippen molar-refractivity contribution >= 4 is 29.2 Å². The molecule has 2 heterocycles. The van der Waals surface area contributed by atoms with Crippen LogP contribution in [0.25, 0.3) is 6.08 Å². The zero-order valence-corrected chi connectivity index (χ0v) is 14.4. The van der Waals surface area contributed by atoms with E-state index in [0.717, 1.165) is 12.8 Å². The number of amidine groups is 1. The third kappa shape index (κ3) is 3.92. The standard InChI is InChI=1S/C18H22N6O2/c1-2-11-9-13(25)3-4-14(11)24-17(20)15-16(19)21-10-22-18(15)23-12-5-7-26-8-6-12/h2-4,9-10,12,25H,1,5-8H2,(H2,20,24)(H3,19,21,22,23). The Labute approximate surface area is 151 Å². The van der Waals surface area contributed by atoms with E-state index in [1.165, 1.54) is 12.4 Å². The first kappa shape index (κ1) is 17.7. The fourth-order valence-corrected chi connectivity index (χ4v) is 2.79. The molecule has 8 heteroatoms. The van der Waals surface area contributed by atoms with Crippen LogP contribution in [0.1, 0.15) is 24.0 Å². The first-order valence-electron chi connectivity index (χ1n) is 8.33. The van der Waals surface area contributed by atoms with E-state index in [-0.39, 0.29) is 23.4 Å². The highest BCUT2D eigenvalue weighted by Gasteiger charge is 2.19. The molecule has 0 bridgehead atoms. The van der Waals surface area contributed by atoms with Crippen molar-refractivity contribution in [1.82, 2.24) is 9.97 Å². The van der Waals surface area contributed by atoms with Gasteiger partial charge in [0.05, 0.1) is 5.69 Å². The van der Waals surface area contributed by atoms with Crippen LogP contribution in [0.4, 0.5) is 17.3 Å². The molecular weight excluding hydrogens is 332 g/mol. The topological polar surface area (TPSA) is 132 Å². The third-order valence-corrected chi connectivity index (χ3v) is 4.17. The summed E-state index contributed by atoms with van der Waals surface area (Å²) in [5.41, 5.74) is 13.9. The lowest BCUT2D eigenvalue weighted by Crippen LogP contribution is -2.30. The highest BCUT2D eigenvalue weighted by atomic mass is 16.5. The molecule has 6 N–H and O–H groups in total. The Morgan fingerprint density at radius 2 is 2.12 bits per heavy atom. The number of phenols is 1. The second-order valence-electron chi connectivity index (χ2n) is 5.96. The quantitative estimate of drug-likeness (QED) is 0.477. The molecule has 0 radical (unpaired) electrons. The number of aromatic nitrogens is 2. The fourth-order valence-electron chi connectivity index (χ4n) is 2.79. The molecule has 1 fully saturated rings. The van der Waals surface area contributed by atoms with E-state index in [1.807, 2.05) is 0 Å². The fraction of sp³-hybridized carbons (Fsp3) is 0.278. The molecule has 0 spiro atoms. The molecule has 0 saturated carbocycles. The Kier molecular flexibility index (Phi) is 5.33. The van der Waals surface area contributed by atoms with Crippen LogP contribution >= 0.6 is 0 Å². The van der Waals surface area contributed by atoms with Crippen molar-refractivity contribution < 1.29 is 9.84 Å². The maximum Gasteiger partial charge on any atom is 0.142 e. The Bertz CT molecular complexity index is 830. The molecule has 1 aliphatic rings. The summed E-state index contributed by atoms with van der Waals surface area (Å²) in [6, 6.07) is 4.98. The average molecular weight is 354 g/mol. The van der Waals surface area contributed by atoms with E-state index < -0.39 is 0 Å². The molecule has 0 atom stereocenters. The average Bonchev–Trinajstić information content (AvgIpc) is 2.64. The van der Waals surface area contributed by atoms with Gasteiger partial charge in [-0.1, -0.05) is 12.7 Å². The zero-order chi connectivity index (χ0) is 18.5. The minimum absolute atomic E-state index is 0.127. The second-order valence-corrected chi connectivity index (χ2v) is 5.96. The van der Waals surface area contributed by atoms with Gasteiger partial charge in [-0.05, 0) is 31.0 Å². The van der Waals surface area contributed by atoms with Crippen molar-refractivity contribution in [3.8, 4) is 5.75 Å².